The topological polar surface area (TPSA) is 62.3 Å². The molecule has 2 N–H and O–H groups in total. The van der Waals surface area contributed by atoms with Gasteiger partial charge in [0.05, 0.1) is 30.0 Å². The molecule has 1 saturated carbocycles. The van der Waals surface area contributed by atoms with Crippen LogP contribution in [0.5, 0.6) is 0 Å². The SMILES string of the molecule is N#Cc1ccc(N2CCOC3CCCCC32)cc1N. The summed E-state index contributed by atoms with van der Waals surface area (Å²) in [7, 11) is 0. The number of ether oxygens (including phenoxy) is 1. The number of fused-ring (bicyclic) bond motifs is 1. The minimum Gasteiger partial charge on any atom is -0.398 e. The van der Waals surface area contributed by atoms with E-state index in [9.17, 15) is 0 Å². The molecule has 1 aromatic carbocycles. The first kappa shape index (κ1) is 12.3. The van der Waals surface area contributed by atoms with E-state index in [1.807, 2.05) is 18.2 Å². The molecule has 0 spiro atoms. The number of hydrogen-bond acceptors (Lipinski definition) is 4. The molecule has 2 aliphatic rings. The normalized spacial score (nSPS) is 26.6. The molecule has 4 heteroatoms. The van der Waals surface area contributed by atoms with E-state index >= 15 is 0 Å². The van der Waals surface area contributed by atoms with Crippen LogP contribution in [-0.4, -0.2) is 25.3 Å². The van der Waals surface area contributed by atoms with Gasteiger partial charge in [0.1, 0.15) is 6.07 Å². The average Bonchev–Trinajstić information content (AvgIpc) is 2.46. The highest BCUT2D eigenvalue weighted by Gasteiger charge is 2.34. The van der Waals surface area contributed by atoms with Crippen molar-refractivity contribution in [1.29, 1.82) is 5.26 Å². The third kappa shape index (κ3) is 2.26. The summed E-state index contributed by atoms with van der Waals surface area (Å²) in [6.07, 6.45) is 5.24. The Balaban J connectivity index is 1.88. The van der Waals surface area contributed by atoms with Crippen LogP contribution in [0.1, 0.15) is 31.2 Å². The molecule has 0 amide bonds. The Kier molecular flexibility index (Phi) is 3.31. The van der Waals surface area contributed by atoms with Gasteiger partial charge < -0.3 is 15.4 Å². The second kappa shape index (κ2) is 5.10. The van der Waals surface area contributed by atoms with Gasteiger partial charge in [-0.15, -0.1) is 0 Å². The van der Waals surface area contributed by atoms with E-state index in [4.69, 9.17) is 15.7 Å². The summed E-state index contributed by atoms with van der Waals surface area (Å²) in [4.78, 5) is 2.41. The van der Waals surface area contributed by atoms with Gasteiger partial charge in [-0.05, 0) is 31.0 Å². The van der Waals surface area contributed by atoms with E-state index < -0.39 is 0 Å². The maximum atomic E-state index is 8.94. The van der Waals surface area contributed by atoms with Crippen LogP contribution in [0.15, 0.2) is 18.2 Å². The fraction of sp³-hybridized carbons (Fsp3) is 0.533. The highest BCUT2D eigenvalue weighted by Crippen LogP contribution is 2.33. The first-order chi connectivity index (χ1) is 9.29. The number of nitrogens with zero attached hydrogens (tertiary/aromatic N) is 2. The molecule has 1 aliphatic heterocycles. The monoisotopic (exact) mass is 257 g/mol. The number of nitrogens with two attached hydrogens (primary N) is 1. The third-order valence-electron chi connectivity index (χ3n) is 4.22. The summed E-state index contributed by atoms with van der Waals surface area (Å²) in [5.41, 5.74) is 8.17. The van der Waals surface area contributed by atoms with Gasteiger partial charge in [-0.3, -0.25) is 0 Å². The lowest BCUT2D eigenvalue weighted by molar-refractivity contribution is -0.00867. The number of morpholine rings is 1. The molecule has 4 nitrogen and oxygen atoms in total. The fourth-order valence-electron chi connectivity index (χ4n) is 3.25. The minimum absolute atomic E-state index is 0.361. The number of anilines is 2. The molecule has 2 unspecified atom stereocenters. The fourth-order valence-corrected chi connectivity index (χ4v) is 3.25. The highest BCUT2D eigenvalue weighted by molar-refractivity contribution is 5.64. The van der Waals surface area contributed by atoms with Gasteiger partial charge >= 0.3 is 0 Å². The van der Waals surface area contributed by atoms with Crippen molar-refractivity contribution >= 4 is 11.4 Å². The molecule has 0 bridgehead atoms. The molecular weight excluding hydrogens is 238 g/mol. The zero-order valence-corrected chi connectivity index (χ0v) is 11.0. The number of nitriles is 1. The standard InChI is InChI=1S/C15H19N3O/c16-10-11-5-6-12(9-13(11)17)18-7-8-19-15-4-2-1-3-14(15)18/h5-6,9,14-15H,1-4,7-8,17H2. The van der Waals surface area contributed by atoms with E-state index in [1.165, 1.54) is 19.3 Å². The molecule has 0 radical (unpaired) electrons. The van der Waals surface area contributed by atoms with Crippen LogP contribution in [0.2, 0.25) is 0 Å². The lowest BCUT2D eigenvalue weighted by atomic mass is 9.89. The van der Waals surface area contributed by atoms with Gasteiger partial charge in [0.15, 0.2) is 0 Å². The summed E-state index contributed by atoms with van der Waals surface area (Å²) < 4.78 is 5.88. The van der Waals surface area contributed by atoms with Crippen molar-refractivity contribution in [2.24, 2.45) is 0 Å². The van der Waals surface area contributed by atoms with Gasteiger partial charge in [0, 0.05) is 12.2 Å². The maximum Gasteiger partial charge on any atom is 0.101 e. The van der Waals surface area contributed by atoms with Crippen LogP contribution in [0.3, 0.4) is 0 Å². The van der Waals surface area contributed by atoms with Crippen molar-refractivity contribution in [3.8, 4) is 6.07 Å². The number of rotatable bonds is 1. The van der Waals surface area contributed by atoms with Gasteiger partial charge in [0.25, 0.3) is 0 Å². The Morgan fingerprint density at radius 2 is 2.16 bits per heavy atom. The predicted octanol–water partition coefficient (Wildman–Crippen LogP) is 2.29. The molecule has 0 aromatic heterocycles. The molecule has 2 fully saturated rings. The van der Waals surface area contributed by atoms with Crippen molar-refractivity contribution < 1.29 is 4.74 Å². The Morgan fingerprint density at radius 1 is 1.32 bits per heavy atom. The van der Waals surface area contributed by atoms with Crippen molar-refractivity contribution in [1.82, 2.24) is 0 Å². The molecule has 1 aromatic rings. The smallest absolute Gasteiger partial charge is 0.101 e. The van der Waals surface area contributed by atoms with Crippen LogP contribution >= 0.6 is 0 Å². The molecule has 19 heavy (non-hydrogen) atoms. The molecular formula is C15H19N3O. The van der Waals surface area contributed by atoms with Gasteiger partial charge in [-0.25, -0.2) is 0 Å². The predicted molar refractivity (Wildman–Crippen MR) is 74.9 cm³/mol. The average molecular weight is 257 g/mol. The van der Waals surface area contributed by atoms with Crippen molar-refractivity contribution in [2.75, 3.05) is 23.8 Å². The largest absolute Gasteiger partial charge is 0.398 e. The van der Waals surface area contributed by atoms with E-state index in [1.54, 1.807) is 0 Å². The molecule has 100 valence electrons. The second-order valence-corrected chi connectivity index (χ2v) is 5.34. The Labute approximate surface area is 113 Å². The van der Waals surface area contributed by atoms with Gasteiger partial charge in [0.2, 0.25) is 0 Å². The Bertz CT molecular complexity index is 507. The summed E-state index contributed by atoms with van der Waals surface area (Å²) in [6, 6.07) is 8.33. The Hall–Kier alpha value is -1.73. The van der Waals surface area contributed by atoms with E-state index in [2.05, 4.69) is 11.0 Å². The lowest BCUT2D eigenvalue weighted by Gasteiger charge is -2.45. The molecule has 1 saturated heterocycles. The van der Waals surface area contributed by atoms with Crippen LogP contribution < -0.4 is 10.6 Å². The summed E-state index contributed by atoms with van der Waals surface area (Å²) in [5.74, 6) is 0. The van der Waals surface area contributed by atoms with Gasteiger partial charge in [-0.2, -0.15) is 5.26 Å². The van der Waals surface area contributed by atoms with Crippen molar-refractivity contribution in [3.63, 3.8) is 0 Å². The Morgan fingerprint density at radius 3 is 2.95 bits per heavy atom. The third-order valence-corrected chi connectivity index (χ3v) is 4.22. The van der Waals surface area contributed by atoms with Crippen molar-refractivity contribution in [2.45, 2.75) is 37.8 Å². The summed E-state index contributed by atoms with van der Waals surface area (Å²) >= 11 is 0. The number of hydrogen-bond donors (Lipinski definition) is 1. The quantitative estimate of drug-likeness (QED) is 0.784. The highest BCUT2D eigenvalue weighted by atomic mass is 16.5. The first-order valence-electron chi connectivity index (χ1n) is 6.97. The van der Waals surface area contributed by atoms with Crippen LogP contribution in [0.4, 0.5) is 11.4 Å². The minimum atomic E-state index is 0.361. The van der Waals surface area contributed by atoms with E-state index in [0.717, 1.165) is 25.3 Å². The molecule has 2 atom stereocenters. The lowest BCUT2D eigenvalue weighted by Crippen LogP contribution is -2.52. The number of benzene rings is 1. The summed E-state index contributed by atoms with van der Waals surface area (Å²) in [5, 5.41) is 8.94. The zero-order valence-electron chi connectivity index (χ0n) is 11.0. The van der Waals surface area contributed by atoms with Crippen LogP contribution in [0, 0.1) is 11.3 Å². The maximum absolute atomic E-state index is 8.94. The zero-order chi connectivity index (χ0) is 13.2. The molecule has 3 rings (SSSR count). The molecule has 1 aliphatic carbocycles. The van der Waals surface area contributed by atoms with Crippen LogP contribution in [0.25, 0.3) is 0 Å². The second-order valence-electron chi connectivity index (χ2n) is 5.34. The number of nitrogen functional groups attached to an aromatic ring is 1. The molecule has 1 heterocycles. The first-order valence-corrected chi connectivity index (χ1v) is 6.97. The van der Waals surface area contributed by atoms with E-state index in [0.29, 0.717) is 23.4 Å². The van der Waals surface area contributed by atoms with Gasteiger partial charge in [-0.1, -0.05) is 12.8 Å². The van der Waals surface area contributed by atoms with Crippen LogP contribution in [-0.2, 0) is 4.74 Å². The van der Waals surface area contributed by atoms with E-state index in [-0.39, 0.29) is 0 Å². The summed E-state index contributed by atoms with van der Waals surface area (Å²) in [6.45, 7) is 1.69. The van der Waals surface area contributed by atoms with Crippen molar-refractivity contribution in [3.05, 3.63) is 23.8 Å².